The molecule has 1 aromatic carbocycles. The normalized spacial score (nSPS) is 14.5. The van der Waals surface area contributed by atoms with Gasteiger partial charge in [-0.15, -0.1) is 0 Å². The summed E-state index contributed by atoms with van der Waals surface area (Å²) in [7, 11) is -3.59. The van der Waals surface area contributed by atoms with Gasteiger partial charge in [-0.1, -0.05) is 6.92 Å². The van der Waals surface area contributed by atoms with Crippen LogP contribution in [-0.4, -0.2) is 27.5 Å². The van der Waals surface area contributed by atoms with E-state index in [1.165, 1.54) is 12.1 Å². The van der Waals surface area contributed by atoms with Gasteiger partial charge in [-0.05, 0) is 28.4 Å². The number of carbonyl (C=O) groups excluding carboxylic acids is 1. The van der Waals surface area contributed by atoms with Crippen LogP contribution in [0.15, 0.2) is 21.5 Å². The molecule has 2 rings (SSSR count). The van der Waals surface area contributed by atoms with E-state index in [0.29, 0.717) is 28.9 Å². The van der Waals surface area contributed by atoms with Crippen LogP contribution in [0.1, 0.15) is 13.3 Å². The first kappa shape index (κ1) is 14.3. The summed E-state index contributed by atoms with van der Waals surface area (Å²) in [6.07, 6.45) is 0.703. The maximum atomic E-state index is 12.1. The molecule has 0 aliphatic carbocycles. The van der Waals surface area contributed by atoms with Crippen molar-refractivity contribution in [1.29, 1.82) is 0 Å². The molecule has 0 saturated heterocycles. The monoisotopic (exact) mass is 348 g/mol. The van der Waals surface area contributed by atoms with Crippen molar-refractivity contribution in [3.8, 4) is 5.75 Å². The first-order chi connectivity index (χ1) is 8.94. The molecule has 1 aliphatic rings. The number of rotatable bonds is 4. The summed E-state index contributed by atoms with van der Waals surface area (Å²) < 4.78 is 32.2. The number of fused-ring (bicyclic) bond motifs is 1. The van der Waals surface area contributed by atoms with Crippen molar-refractivity contribution < 1.29 is 17.9 Å². The molecule has 0 radical (unpaired) electrons. The van der Waals surface area contributed by atoms with Crippen LogP contribution in [0.25, 0.3) is 0 Å². The van der Waals surface area contributed by atoms with E-state index in [2.05, 4.69) is 26.0 Å². The van der Waals surface area contributed by atoms with E-state index in [1.807, 2.05) is 6.92 Å². The molecular weight excluding hydrogens is 336 g/mol. The molecule has 0 saturated carbocycles. The number of anilines is 1. The predicted molar refractivity (Wildman–Crippen MR) is 73.7 cm³/mol. The van der Waals surface area contributed by atoms with Crippen LogP contribution < -0.4 is 14.8 Å². The molecule has 1 amide bonds. The Hall–Kier alpha value is -1.12. The fourth-order valence-corrected chi connectivity index (χ4v) is 3.79. The van der Waals surface area contributed by atoms with Gasteiger partial charge in [0.15, 0.2) is 6.61 Å². The Morgan fingerprint density at radius 3 is 2.89 bits per heavy atom. The second-order valence-electron chi connectivity index (χ2n) is 4.01. The zero-order chi connectivity index (χ0) is 14.0. The maximum Gasteiger partial charge on any atom is 0.262 e. The summed E-state index contributed by atoms with van der Waals surface area (Å²) >= 11 is 3.20. The van der Waals surface area contributed by atoms with Gasteiger partial charge in [0.05, 0.1) is 10.6 Å². The standard InChI is InChI=1S/C11H13BrN2O4S/c1-2-3-13-19(16,17)10-5-9-8(4-7(10)12)14-11(15)6-18-9/h4-5,13H,2-3,6H2,1H3,(H,14,15). The lowest BCUT2D eigenvalue weighted by molar-refractivity contribution is -0.118. The molecule has 0 atom stereocenters. The number of nitrogens with one attached hydrogen (secondary N) is 2. The Balaban J connectivity index is 2.40. The third kappa shape index (κ3) is 3.07. The van der Waals surface area contributed by atoms with Crippen LogP contribution in [0.3, 0.4) is 0 Å². The lowest BCUT2D eigenvalue weighted by Gasteiger charge is -2.19. The summed E-state index contributed by atoms with van der Waals surface area (Å²) in [5, 5.41) is 2.61. The minimum Gasteiger partial charge on any atom is -0.482 e. The van der Waals surface area contributed by atoms with Crippen molar-refractivity contribution in [3.05, 3.63) is 16.6 Å². The van der Waals surface area contributed by atoms with Gasteiger partial charge in [-0.2, -0.15) is 0 Å². The largest absolute Gasteiger partial charge is 0.482 e. The van der Waals surface area contributed by atoms with Gasteiger partial charge >= 0.3 is 0 Å². The average Bonchev–Trinajstić information content (AvgIpc) is 2.35. The molecule has 0 fully saturated rings. The molecule has 1 heterocycles. The predicted octanol–water partition coefficient (Wildman–Crippen LogP) is 1.47. The number of carbonyl (C=O) groups is 1. The highest BCUT2D eigenvalue weighted by Crippen LogP contribution is 2.35. The number of amides is 1. The van der Waals surface area contributed by atoms with Gasteiger partial charge < -0.3 is 10.1 Å². The zero-order valence-electron chi connectivity index (χ0n) is 10.2. The van der Waals surface area contributed by atoms with Crippen molar-refractivity contribution >= 4 is 37.5 Å². The summed E-state index contributed by atoms with van der Waals surface area (Å²) in [6, 6.07) is 2.92. The molecule has 0 aromatic heterocycles. The van der Waals surface area contributed by atoms with Crippen LogP contribution in [-0.2, 0) is 14.8 Å². The number of ether oxygens (including phenoxy) is 1. The Labute approximate surface area is 119 Å². The van der Waals surface area contributed by atoms with Gasteiger partial charge in [0.2, 0.25) is 10.0 Å². The van der Waals surface area contributed by atoms with E-state index in [4.69, 9.17) is 4.74 Å². The van der Waals surface area contributed by atoms with Gasteiger partial charge in [-0.3, -0.25) is 4.79 Å². The smallest absolute Gasteiger partial charge is 0.262 e. The van der Waals surface area contributed by atoms with Crippen LogP contribution in [0.5, 0.6) is 5.75 Å². The molecule has 104 valence electrons. The first-order valence-electron chi connectivity index (χ1n) is 5.70. The minimum absolute atomic E-state index is 0.0934. The van der Waals surface area contributed by atoms with E-state index in [0.717, 1.165) is 0 Å². The number of halogens is 1. The molecule has 8 heteroatoms. The highest BCUT2D eigenvalue weighted by atomic mass is 79.9. The molecule has 0 bridgehead atoms. The van der Waals surface area contributed by atoms with E-state index in [1.54, 1.807) is 0 Å². The van der Waals surface area contributed by atoms with Crippen LogP contribution in [0.2, 0.25) is 0 Å². The van der Waals surface area contributed by atoms with Gasteiger partial charge in [0.25, 0.3) is 5.91 Å². The highest BCUT2D eigenvalue weighted by molar-refractivity contribution is 9.10. The van der Waals surface area contributed by atoms with Crippen LogP contribution >= 0.6 is 15.9 Å². The topological polar surface area (TPSA) is 84.5 Å². The number of hydrogen-bond donors (Lipinski definition) is 2. The highest BCUT2D eigenvalue weighted by Gasteiger charge is 2.23. The molecule has 0 spiro atoms. The maximum absolute atomic E-state index is 12.1. The van der Waals surface area contributed by atoms with Crippen molar-refractivity contribution in [2.75, 3.05) is 18.5 Å². The van der Waals surface area contributed by atoms with E-state index < -0.39 is 10.0 Å². The number of sulfonamides is 1. The summed E-state index contributed by atoms with van der Waals surface area (Å²) in [5.74, 6) is 0.0822. The van der Waals surface area contributed by atoms with Crippen LogP contribution in [0.4, 0.5) is 5.69 Å². The first-order valence-corrected chi connectivity index (χ1v) is 7.97. The minimum atomic E-state index is -3.59. The Kier molecular flexibility index (Phi) is 4.12. The van der Waals surface area contributed by atoms with Gasteiger partial charge in [0, 0.05) is 17.1 Å². The number of hydrogen-bond acceptors (Lipinski definition) is 4. The summed E-state index contributed by atoms with van der Waals surface area (Å²) in [6.45, 7) is 2.13. The molecule has 1 aromatic rings. The molecule has 1 aliphatic heterocycles. The SMILES string of the molecule is CCCNS(=O)(=O)c1cc2c(cc1Br)NC(=O)CO2. The second kappa shape index (κ2) is 5.48. The molecule has 0 unspecified atom stereocenters. The summed E-state index contributed by atoms with van der Waals surface area (Å²) in [5.41, 5.74) is 0.456. The third-order valence-corrected chi connectivity index (χ3v) is 4.92. The lowest BCUT2D eigenvalue weighted by atomic mass is 10.2. The van der Waals surface area contributed by atoms with Crippen molar-refractivity contribution in [2.24, 2.45) is 0 Å². The molecule has 6 nitrogen and oxygen atoms in total. The molecule has 2 N–H and O–H groups in total. The second-order valence-corrected chi connectivity index (χ2v) is 6.60. The fourth-order valence-electron chi connectivity index (χ4n) is 1.60. The Bertz CT molecular complexity index is 615. The molecule has 19 heavy (non-hydrogen) atoms. The molecular formula is C11H13BrN2O4S. The lowest BCUT2D eigenvalue weighted by Crippen LogP contribution is -2.27. The van der Waals surface area contributed by atoms with E-state index >= 15 is 0 Å². The van der Waals surface area contributed by atoms with Gasteiger partial charge in [0.1, 0.15) is 5.75 Å². The Morgan fingerprint density at radius 1 is 1.47 bits per heavy atom. The zero-order valence-corrected chi connectivity index (χ0v) is 12.6. The van der Waals surface area contributed by atoms with Crippen molar-refractivity contribution in [3.63, 3.8) is 0 Å². The van der Waals surface area contributed by atoms with E-state index in [9.17, 15) is 13.2 Å². The quantitative estimate of drug-likeness (QED) is 0.862. The Morgan fingerprint density at radius 2 is 2.21 bits per heavy atom. The fraction of sp³-hybridized carbons (Fsp3) is 0.364. The van der Waals surface area contributed by atoms with Crippen molar-refractivity contribution in [2.45, 2.75) is 18.2 Å². The third-order valence-electron chi connectivity index (χ3n) is 2.50. The summed E-state index contributed by atoms with van der Waals surface area (Å²) in [4.78, 5) is 11.3. The van der Waals surface area contributed by atoms with Crippen molar-refractivity contribution in [1.82, 2.24) is 4.72 Å². The van der Waals surface area contributed by atoms with Gasteiger partial charge in [-0.25, -0.2) is 13.1 Å². The number of benzene rings is 1. The van der Waals surface area contributed by atoms with Crippen LogP contribution in [0, 0.1) is 0 Å². The average molecular weight is 349 g/mol. The van der Waals surface area contributed by atoms with E-state index in [-0.39, 0.29) is 17.4 Å².